The third-order valence-electron chi connectivity index (χ3n) is 1.61. The molecule has 0 amide bonds. The second-order valence-corrected chi connectivity index (χ2v) is 2.94. The Morgan fingerprint density at radius 1 is 1.46 bits per heavy atom. The van der Waals surface area contributed by atoms with Gasteiger partial charge in [0.15, 0.2) is 0 Å². The molecule has 0 spiro atoms. The van der Waals surface area contributed by atoms with Crippen LogP contribution in [0.25, 0.3) is 0 Å². The van der Waals surface area contributed by atoms with Crippen molar-refractivity contribution in [3.63, 3.8) is 0 Å². The van der Waals surface area contributed by atoms with Gasteiger partial charge >= 0.3 is 0 Å². The van der Waals surface area contributed by atoms with Gasteiger partial charge in [-0.15, -0.1) is 12.4 Å². The zero-order valence-electron chi connectivity index (χ0n) is 6.84. The quantitative estimate of drug-likeness (QED) is 0.807. The molecule has 0 aromatic heterocycles. The highest BCUT2D eigenvalue weighted by Crippen LogP contribution is 2.18. The van der Waals surface area contributed by atoms with Gasteiger partial charge in [-0.3, -0.25) is 0 Å². The molecule has 1 aromatic rings. The van der Waals surface area contributed by atoms with E-state index in [2.05, 4.69) is 0 Å². The molecule has 0 saturated carbocycles. The van der Waals surface area contributed by atoms with Gasteiger partial charge in [0, 0.05) is 23.2 Å². The van der Waals surface area contributed by atoms with E-state index in [4.69, 9.17) is 23.1 Å². The molecule has 1 aromatic carbocycles. The first-order valence-electron chi connectivity index (χ1n) is 3.55. The van der Waals surface area contributed by atoms with Crippen molar-refractivity contribution in [1.29, 1.82) is 0 Å². The third kappa shape index (κ3) is 3.12. The lowest BCUT2D eigenvalue weighted by atomic mass is 10.1. The maximum atomic E-state index is 13.0. The fourth-order valence-electron chi connectivity index (χ4n) is 0.926. The minimum Gasteiger partial charge on any atom is -0.329 e. The SMILES string of the molecule is Cl.NC[C@@H](N)c1cc(Cl)ccc1F. The van der Waals surface area contributed by atoms with Gasteiger partial charge in [-0.2, -0.15) is 0 Å². The van der Waals surface area contributed by atoms with Gasteiger partial charge in [0.2, 0.25) is 0 Å². The van der Waals surface area contributed by atoms with Crippen LogP contribution in [0.3, 0.4) is 0 Å². The lowest BCUT2D eigenvalue weighted by Gasteiger charge is -2.09. The fourth-order valence-corrected chi connectivity index (χ4v) is 1.11. The Morgan fingerprint density at radius 3 is 2.62 bits per heavy atom. The number of rotatable bonds is 2. The summed E-state index contributed by atoms with van der Waals surface area (Å²) in [7, 11) is 0. The molecule has 1 rings (SSSR count). The van der Waals surface area contributed by atoms with Crippen molar-refractivity contribution in [2.24, 2.45) is 11.5 Å². The number of hydrogen-bond donors (Lipinski definition) is 2. The first kappa shape index (κ1) is 12.7. The second kappa shape index (κ2) is 5.40. The molecule has 0 aliphatic rings. The van der Waals surface area contributed by atoms with Gasteiger partial charge in [0.25, 0.3) is 0 Å². The standard InChI is InChI=1S/C8H10ClFN2.ClH/c9-5-1-2-7(10)6(3-5)8(12)4-11;/h1-3,8H,4,11-12H2;1H/t8-;/m1./s1. The van der Waals surface area contributed by atoms with Crippen LogP contribution in [0.15, 0.2) is 18.2 Å². The molecule has 0 bridgehead atoms. The topological polar surface area (TPSA) is 52.0 Å². The van der Waals surface area contributed by atoms with E-state index < -0.39 is 6.04 Å². The van der Waals surface area contributed by atoms with Gasteiger partial charge in [0.1, 0.15) is 5.82 Å². The van der Waals surface area contributed by atoms with Crippen LogP contribution in [0.1, 0.15) is 11.6 Å². The van der Waals surface area contributed by atoms with Gasteiger partial charge in [0.05, 0.1) is 0 Å². The summed E-state index contributed by atoms with van der Waals surface area (Å²) in [6.45, 7) is 0.206. The smallest absolute Gasteiger partial charge is 0.128 e. The van der Waals surface area contributed by atoms with E-state index in [1.807, 2.05) is 0 Å². The van der Waals surface area contributed by atoms with Crippen molar-refractivity contribution in [2.75, 3.05) is 6.54 Å². The zero-order valence-corrected chi connectivity index (χ0v) is 8.41. The van der Waals surface area contributed by atoms with Gasteiger partial charge in [-0.1, -0.05) is 11.6 Å². The van der Waals surface area contributed by atoms with E-state index in [0.29, 0.717) is 10.6 Å². The Bertz CT molecular complexity index is 281. The average molecular weight is 225 g/mol. The molecule has 0 saturated heterocycles. The first-order chi connectivity index (χ1) is 5.65. The molecule has 5 heteroatoms. The van der Waals surface area contributed by atoms with Crippen molar-refractivity contribution >= 4 is 24.0 Å². The maximum Gasteiger partial charge on any atom is 0.128 e. The fraction of sp³-hybridized carbons (Fsp3) is 0.250. The maximum absolute atomic E-state index is 13.0. The number of halogens is 3. The monoisotopic (exact) mass is 224 g/mol. The number of nitrogens with two attached hydrogens (primary N) is 2. The normalized spacial score (nSPS) is 12.0. The molecular formula is C8H11Cl2FN2. The van der Waals surface area contributed by atoms with E-state index >= 15 is 0 Å². The van der Waals surface area contributed by atoms with Crippen LogP contribution in [0, 0.1) is 5.82 Å². The van der Waals surface area contributed by atoms with Crippen LogP contribution in [0.2, 0.25) is 5.02 Å². The van der Waals surface area contributed by atoms with Crippen LogP contribution in [0.4, 0.5) is 4.39 Å². The van der Waals surface area contributed by atoms with Crippen LogP contribution in [-0.4, -0.2) is 6.54 Å². The molecule has 0 radical (unpaired) electrons. The van der Waals surface area contributed by atoms with Crippen molar-refractivity contribution in [3.8, 4) is 0 Å². The number of hydrogen-bond acceptors (Lipinski definition) is 2. The van der Waals surface area contributed by atoms with Crippen molar-refractivity contribution < 1.29 is 4.39 Å². The third-order valence-corrected chi connectivity index (χ3v) is 1.85. The van der Waals surface area contributed by atoms with Crippen molar-refractivity contribution in [3.05, 3.63) is 34.6 Å². The van der Waals surface area contributed by atoms with Gasteiger partial charge in [-0.25, -0.2) is 4.39 Å². The summed E-state index contributed by atoms with van der Waals surface area (Å²) in [5.41, 5.74) is 11.2. The van der Waals surface area contributed by atoms with Crippen LogP contribution < -0.4 is 11.5 Å². The lowest BCUT2D eigenvalue weighted by Crippen LogP contribution is -2.21. The summed E-state index contributed by atoms with van der Waals surface area (Å²) in [6, 6.07) is 3.77. The highest BCUT2D eigenvalue weighted by molar-refractivity contribution is 6.30. The van der Waals surface area contributed by atoms with Gasteiger partial charge in [-0.05, 0) is 18.2 Å². The number of benzene rings is 1. The lowest BCUT2D eigenvalue weighted by molar-refractivity contribution is 0.584. The predicted molar refractivity (Wildman–Crippen MR) is 54.6 cm³/mol. The molecular weight excluding hydrogens is 214 g/mol. The molecule has 0 fully saturated rings. The Kier molecular flexibility index (Phi) is 5.25. The Balaban J connectivity index is 0.00000144. The average Bonchev–Trinajstić information content (AvgIpc) is 2.08. The van der Waals surface area contributed by atoms with Crippen LogP contribution in [-0.2, 0) is 0 Å². The summed E-state index contributed by atoms with van der Waals surface area (Å²) in [4.78, 5) is 0. The van der Waals surface area contributed by atoms with Crippen LogP contribution >= 0.6 is 24.0 Å². The minimum absolute atomic E-state index is 0. The summed E-state index contributed by atoms with van der Waals surface area (Å²) in [5, 5.41) is 0.468. The highest BCUT2D eigenvalue weighted by Gasteiger charge is 2.09. The second-order valence-electron chi connectivity index (χ2n) is 2.51. The van der Waals surface area contributed by atoms with E-state index in [9.17, 15) is 4.39 Å². The molecule has 13 heavy (non-hydrogen) atoms. The summed E-state index contributed by atoms with van der Waals surface area (Å²) in [6.07, 6.45) is 0. The van der Waals surface area contributed by atoms with Crippen molar-refractivity contribution in [1.82, 2.24) is 0 Å². The predicted octanol–water partition coefficient (Wildman–Crippen LogP) is 1.86. The van der Waals surface area contributed by atoms with E-state index in [1.54, 1.807) is 0 Å². The molecule has 1 atom stereocenters. The Hall–Kier alpha value is -0.350. The zero-order chi connectivity index (χ0) is 9.14. The first-order valence-corrected chi connectivity index (χ1v) is 3.93. The van der Waals surface area contributed by atoms with Gasteiger partial charge < -0.3 is 11.5 Å². The Morgan fingerprint density at radius 2 is 2.08 bits per heavy atom. The molecule has 0 aliphatic carbocycles. The van der Waals surface area contributed by atoms with E-state index in [1.165, 1.54) is 18.2 Å². The molecule has 0 aliphatic heterocycles. The molecule has 4 N–H and O–H groups in total. The summed E-state index contributed by atoms with van der Waals surface area (Å²) >= 11 is 5.65. The minimum atomic E-state index is -0.483. The largest absolute Gasteiger partial charge is 0.329 e. The highest BCUT2D eigenvalue weighted by atomic mass is 35.5. The summed E-state index contributed by atoms with van der Waals surface area (Å²) < 4.78 is 13.0. The van der Waals surface area contributed by atoms with Crippen LogP contribution in [0.5, 0.6) is 0 Å². The van der Waals surface area contributed by atoms with E-state index in [0.717, 1.165) is 0 Å². The molecule has 0 unspecified atom stereocenters. The molecule has 2 nitrogen and oxygen atoms in total. The molecule has 0 heterocycles. The van der Waals surface area contributed by atoms with E-state index in [-0.39, 0.29) is 24.8 Å². The van der Waals surface area contributed by atoms with Crippen molar-refractivity contribution in [2.45, 2.75) is 6.04 Å². The molecule has 74 valence electrons. The Labute approximate surface area is 87.5 Å². The summed E-state index contributed by atoms with van der Waals surface area (Å²) in [5.74, 6) is -0.364.